The highest BCUT2D eigenvalue weighted by Gasteiger charge is 2.39. The van der Waals surface area contributed by atoms with E-state index in [1.807, 2.05) is 19.9 Å². The Balaban J connectivity index is 0.00000450. The summed E-state index contributed by atoms with van der Waals surface area (Å²) in [5.41, 5.74) is 0.964. The molecule has 1 aliphatic rings. The fourth-order valence-electron chi connectivity index (χ4n) is 3.18. The van der Waals surface area contributed by atoms with Gasteiger partial charge in [-0.1, -0.05) is 32.9 Å². The van der Waals surface area contributed by atoms with Crippen molar-refractivity contribution in [2.24, 2.45) is 5.92 Å². The molecule has 1 unspecified atom stereocenters. The smallest absolute Gasteiger partial charge is 0.534 e. The first-order valence-electron chi connectivity index (χ1n) is 9.89. The van der Waals surface area contributed by atoms with Gasteiger partial charge in [-0.05, 0) is 30.9 Å². The standard InChI is InChI=1S/C20H28BNO7.H2/c1-5-13(6-2)19(24)27-12-28-20(25)15-10-8-9-14-11-16(22-17(23)7-3)21(26-4)29-18(14)15;/h8-10,13,16H,5-7,11-12H2,1-4H3,(H,22,23);1H. The van der Waals surface area contributed by atoms with Crippen LogP contribution in [0.1, 0.15) is 57.4 Å². The van der Waals surface area contributed by atoms with Crippen LogP contribution < -0.4 is 9.97 Å². The summed E-state index contributed by atoms with van der Waals surface area (Å²) < 4.78 is 21.3. The molecular weight excluding hydrogens is 377 g/mol. The van der Waals surface area contributed by atoms with Gasteiger partial charge in [0.15, 0.2) is 0 Å². The number of nitrogens with one attached hydrogen (secondary N) is 1. The number of para-hydroxylation sites is 1. The fourth-order valence-corrected chi connectivity index (χ4v) is 3.18. The van der Waals surface area contributed by atoms with Gasteiger partial charge in [0.2, 0.25) is 12.7 Å². The molecule has 160 valence electrons. The van der Waals surface area contributed by atoms with E-state index in [4.69, 9.17) is 18.8 Å². The number of hydrogen-bond donors (Lipinski definition) is 1. The maximum Gasteiger partial charge on any atom is 0.549 e. The van der Waals surface area contributed by atoms with Crippen LogP contribution in [-0.2, 0) is 30.1 Å². The lowest BCUT2D eigenvalue weighted by molar-refractivity contribution is -0.157. The molecule has 0 radical (unpaired) electrons. The largest absolute Gasteiger partial charge is 0.549 e. The van der Waals surface area contributed by atoms with Crippen LogP contribution in [0.4, 0.5) is 0 Å². The topological polar surface area (TPSA) is 100 Å². The van der Waals surface area contributed by atoms with Crippen LogP contribution in [0.25, 0.3) is 0 Å². The maximum absolute atomic E-state index is 12.5. The second-order valence-corrected chi connectivity index (χ2v) is 6.77. The van der Waals surface area contributed by atoms with Gasteiger partial charge < -0.3 is 24.1 Å². The summed E-state index contributed by atoms with van der Waals surface area (Å²) in [6, 6.07) is 5.10. The fraction of sp³-hybridized carbons (Fsp3) is 0.550. The lowest BCUT2D eigenvalue weighted by atomic mass is 9.71. The number of rotatable bonds is 9. The Kier molecular flexibility index (Phi) is 8.51. The number of fused-ring (bicyclic) bond motifs is 1. The van der Waals surface area contributed by atoms with Crippen molar-refractivity contribution in [3.05, 3.63) is 29.3 Å². The Morgan fingerprint density at radius 2 is 1.97 bits per heavy atom. The molecule has 1 amide bonds. The van der Waals surface area contributed by atoms with Crippen molar-refractivity contribution in [3.8, 4) is 5.75 Å². The first-order valence-corrected chi connectivity index (χ1v) is 9.89. The lowest BCUT2D eigenvalue weighted by Crippen LogP contribution is -2.54. The van der Waals surface area contributed by atoms with E-state index in [9.17, 15) is 14.4 Å². The first-order chi connectivity index (χ1) is 13.9. The molecule has 1 aliphatic heterocycles. The van der Waals surface area contributed by atoms with E-state index in [-0.39, 0.29) is 30.7 Å². The highest BCUT2D eigenvalue weighted by molar-refractivity contribution is 6.48. The van der Waals surface area contributed by atoms with Gasteiger partial charge in [-0.25, -0.2) is 4.79 Å². The van der Waals surface area contributed by atoms with E-state index in [2.05, 4.69) is 5.32 Å². The molecule has 0 saturated heterocycles. The minimum absolute atomic E-state index is 0. The summed E-state index contributed by atoms with van der Waals surface area (Å²) >= 11 is 0. The normalized spacial score (nSPS) is 15.3. The molecule has 29 heavy (non-hydrogen) atoms. The number of esters is 2. The molecule has 1 aromatic rings. The predicted molar refractivity (Wildman–Crippen MR) is 108 cm³/mol. The summed E-state index contributed by atoms with van der Waals surface area (Å²) in [4.78, 5) is 36.2. The van der Waals surface area contributed by atoms with Gasteiger partial charge in [-0.3, -0.25) is 9.59 Å². The van der Waals surface area contributed by atoms with Crippen molar-refractivity contribution < 1.29 is 34.6 Å². The van der Waals surface area contributed by atoms with Crippen molar-refractivity contribution in [2.45, 2.75) is 52.4 Å². The third-order valence-electron chi connectivity index (χ3n) is 4.93. The Labute approximate surface area is 172 Å². The first kappa shape index (κ1) is 22.7. The molecule has 0 aromatic heterocycles. The van der Waals surface area contributed by atoms with E-state index in [0.717, 1.165) is 5.56 Å². The minimum Gasteiger partial charge on any atom is -0.534 e. The maximum atomic E-state index is 12.5. The van der Waals surface area contributed by atoms with E-state index >= 15 is 0 Å². The van der Waals surface area contributed by atoms with E-state index in [0.29, 0.717) is 31.4 Å². The average molecular weight is 407 g/mol. The second kappa shape index (κ2) is 10.9. The van der Waals surface area contributed by atoms with Crippen LogP contribution in [0, 0.1) is 5.92 Å². The summed E-state index contributed by atoms with van der Waals surface area (Å²) in [6.45, 7) is 5.11. The van der Waals surface area contributed by atoms with Gasteiger partial charge in [0.25, 0.3) is 0 Å². The van der Waals surface area contributed by atoms with Crippen LogP contribution in [0.15, 0.2) is 18.2 Å². The molecule has 1 aromatic carbocycles. The summed E-state index contributed by atoms with van der Waals surface area (Å²) in [5.74, 6) is -1.39. The molecular formula is C20H30BNO7. The van der Waals surface area contributed by atoms with Gasteiger partial charge in [0, 0.05) is 15.0 Å². The van der Waals surface area contributed by atoms with Crippen molar-refractivity contribution >= 4 is 25.0 Å². The Hall–Kier alpha value is -2.55. The third-order valence-corrected chi connectivity index (χ3v) is 4.93. The van der Waals surface area contributed by atoms with Crippen molar-refractivity contribution in [2.75, 3.05) is 13.9 Å². The van der Waals surface area contributed by atoms with Crippen molar-refractivity contribution in [3.63, 3.8) is 0 Å². The summed E-state index contributed by atoms with van der Waals surface area (Å²) in [5, 5.41) is 2.86. The third kappa shape index (κ3) is 5.73. The highest BCUT2D eigenvalue weighted by Crippen LogP contribution is 2.31. The molecule has 1 N–H and O–H groups in total. The van der Waals surface area contributed by atoms with Gasteiger partial charge in [0.1, 0.15) is 11.3 Å². The Bertz CT molecular complexity index is 742. The zero-order chi connectivity index (χ0) is 21.4. The lowest BCUT2D eigenvalue weighted by Gasteiger charge is -2.30. The quantitative estimate of drug-likeness (QED) is 0.381. The Morgan fingerprint density at radius 3 is 2.59 bits per heavy atom. The molecule has 1 heterocycles. The number of carbonyl (C=O) groups excluding carboxylic acids is 3. The predicted octanol–water partition coefficient (Wildman–Crippen LogP) is 2.53. The molecule has 0 spiro atoms. The number of carbonyl (C=O) groups is 3. The summed E-state index contributed by atoms with van der Waals surface area (Å²) in [6.07, 6.45) is 2.13. The van der Waals surface area contributed by atoms with Crippen LogP contribution in [0.5, 0.6) is 5.75 Å². The highest BCUT2D eigenvalue weighted by atomic mass is 16.7. The van der Waals surface area contributed by atoms with Gasteiger partial charge in [0.05, 0.1) is 11.9 Å². The zero-order valence-corrected chi connectivity index (χ0v) is 17.4. The zero-order valence-electron chi connectivity index (χ0n) is 17.4. The van der Waals surface area contributed by atoms with E-state index in [1.54, 1.807) is 19.1 Å². The van der Waals surface area contributed by atoms with Crippen LogP contribution in [0.2, 0.25) is 0 Å². The van der Waals surface area contributed by atoms with Crippen molar-refractivity contribution in [1.82, 2.24) is 5.32 Å². The summed E-state index contributed by atoms with van der Waals surface area (Å²) in [7, 11) is 0.735. The molecule has 9 heteroatoms. The minimum atomic E-state index is -0.736. The SMILES string of the molecule is CCC(=O)NC1Cc2cccc(C(=O)OCOC(=O)C(CC)CC)c2OB1OC.[HH]. The average Bonchev–Trinajstić information content (AvgIpc) is 2.73. The molecule has 1 atom stereocenters. The van der Waals surface area contributed by atoms with Crippen LogP contribution in [-0.4, -0.2) is 44.8 Å². The Morgan fingerprint density at radius 1 is 1.24 bits per heavy atom. The molecule has 0 saturated carbocycles. The molecule has 0 fully saturated rings. The number of amides is 1. The van der Waals surface area contributed by atoms with E-state index < -0.39 is 19.9 Å². The van der Waals surface area contributed by atoms with Crippen molar-refractivity contribution in [1.29, 1.82) is 0 Å². The van der Waals surface area contributed by atoms with Crippen LogP contribution >= 0.6 is 0 Å². The molecule has 0 bridgehead atoms. The van der Waals surface area contributed by atoms with E-state index in [1.165, 1.54) is 7.11 Å². The van der Waals surface area contributed by atoms with Gasteiger partial charge in [-0.2, -0.15) is 0 Å². The molecule has 8 nitrogen and oxygen atoms in total. The van der Waals surface area contributed by atoms with Gasteiger partial charge in [-0.15, -0.1) is 0 Å². The number of hydrogen-bond acceptors (Lipinski definition) is 7. The van der Waals surface area contributed by atoms with Crippen LogP contribution in [0.3, 0.4) is 0 Å². The number of ether oxygens (including phenoxy) is 2. The number of benzene rings is 1. The molecule has 0 aliphatic carbocycles. The van der Waals surface area contributed by atoms with Gasteiger partial charge >= 0.3 is 19.1 Å². The molecule has 2 rings (SSSR count). The second-order valence-electron chi connectivity index (χ2n) is 6.77. The monoisotopic (exact) mass is 407 g/mol.